The van der Waals surface area contributed by atoms with Gasteiger partial charge < -0.3 is 4.90 Å². The zero-order valence-corrected chi connectivity index (χ0v) is 9.74. The van der Waals surface area contributed by atoms with Crippen molar-refractivity contribution < 1.29 is 4.79 Å². The van der Waals surface area contributed by atoms with Gasteiger partial charge in [0.1, 0.15) is 5.38 Å². The Balaban J connectivity index is 2.41. The average Bonchev–Trinajstić information content (AvgIpc) is 2.26. The first-order valence-electron chi connectivity index (χ1n) is 4.89. The number of hydrogen-bond donors (Lipinski definition) is 0. The third-order valence-electron chi connectivity index (χ3n) is 2.20. The summed E-state index contributed by atoms with van der Waals surface area (Å²) in [5.41, 5.74) is 1.17. The quantitative estimate of drug-likeness (QED) is 0.733. The molecule has 1 atom stereocenters. The molecule has 1 rings (SSSR count). The fourth-order valence-electron chi connectivity index (χ4n) is 1.26. The van der Waals surface area contributed by atoms with E-state index in [-0.39, 0.29) is 5.91 Å². The van der Waals surface area contributed by atoms with E-state index >= 15 is 0 Å². The van der Waals surface area contributed by atoms with E-state index in [2.05, 4.69) is 4.98 Å². The second kappa shape index (κ2) is 5.71. The highest BCUT2D eigenvalue weighted by atomic mass is 35.5. The summed E-state index contributed by atoms with van der Waals surface area (Å²) in [6, 6.07) is 3.89. The van der Waals surface area contributed by atoms with Gasteiger partial charge in [0.2, 0.25) is 5.91 Å². The summed E-state index contributed by atoms with van der Waals surface area (Å²) >= 11 is 5.70. The minimum absolute atomic E-state index is 0.0364. The molecule has 4 heteroatoms. The molecule has 0 saturated heterocycles. The predicted molar refractivity (Wildman–Crippen MR) is 60.9 cm³/mol. The Hall–Kier alpha value is -1.09. The molecule has 1 aromatic rings. The molecule has 1 heterocycles. The van der Waals surface area contributed by atoms with Gasteiger partial charge in [-0.15, -0.1) is 11.6 Å². The van der Waals surface area contributed by atoms with Gasteiger partial charge in [0.05, 0.1) is 0 Å². The number of nitrogens with zero attached hydrogens (tertiary/aromatic N) is 2. The fourth-order valence-corrected chi connectivity index (χ4v) is 1.43. The van der Waals surface area contributed by atoms with Crippen molar-refractivity contribution in [3.8, 4) is 0 Å². The molecule has 0 aliphatic rings. The lowest BCUT2D eigenvalue weighted by molar-refractivity contribution is -0.129. The van der Waals surface area contributed by atoms with Crippen LogP contribution in [0.15, 0.2) is 24.5 Å². The summed E-state index contributed by atoms with van der Waals surface area (Å²) in [7, 11) is 1.77. The van der Waals surface area contributed by atoms with Crippen molar-refractivity contribution in [1.29, 1.82) is 0 Å². The first-order valence-corrected chi connectivity index (χ1v) is 5.33. The standard InChI is InChI=1S/C11H15ClN2O/c1-9(12)11(15)14(2)8-5-10-3-6-13-7-4-10/h3-4,6-7,9H,5,8H2,1-2H3. The minimum atomic E-state index is -0.451. The molecular formula is C11H15ClN2O. The fraction of sp³-hybridized carbons (Fsp3) is 0.455. The van der Waals surface area contributed by atoms with E-state index in [0.29, 0.717) is 6.54 Å². The van der Waals surface area contributed by atoms with Crippen LogP contribution < -0.4 is 0 Å². The van der Waals surface area contributed by atoms with E-state index in [1.807, 2.05) is 12.1 Å². The summed E-state index contributed by atoms with van der Waals surface area (Å²) < 4.78 is 0. The second-order valence-corrected chi connectivity index (χ2v) is 4.14. The normalized spacial score (nSPS) is 12.2. The van der Waals surface area contributed by atoms with Gasteiger partial charge in [0.15, 0.2) is 0 Å². The number of carbonyl (C=O) groups is 1. The van der Waals surface area contributed by atoms with Crippen molar-refractivity contribution in [2.24, 2.45) is 0 Å². The Morgan fingerprint density at radius 3 is 2.67 bits per heavy atom. The minimum Gasteiger partial charge on any atom is -0.344 e. The molecule has 1 unspecified atom stereocenters. The number of aromatic nitrogens is 1. The van der Waals surface area contributed by atoms with Crippen LogP contribution in [-0.2, 0) is 11.2 Å². The lowest BCUT2D eigenvalue weighted by Crippen LogP contribution is -2.33. The number of alkyl halides is 1. The van der Waals surface area contributed by atoms with Gasteiger partial charge in [-0.1, -0.05) is 0 Å². The third-order valence-corrected chi connectivity index (χ3v) is 2.39. The van der Waals surface area contributed by atoms with Gasteiger partial charge in [-0.3, -0.25) is 9.78 Å². The van der Waals surface area contributed by atoms with Gasteiger partial charge >= 0.3 is 0 Å². The van der Waals surface area contributed by atoms with E-state index in [4.69, 9.17) is 11.6 Å². The van der Waals surface area contributed by atoms with Crippen LogP contribution in [0.3, 0.4) is 0 Å². The molecule has 0 aromatic carbocycles. The third kappa shape index (κ3) is 3.88. The maximum Gasteiger partial charge on any atom is 0.240 e. The van der Waals surface area contributed by atoms with Crippen LogP contribution in [0, 0.1) is 0 Å². The van der Waals surface area contributed by atoms with Crippen molar-refractivity contribution in [3.05, 3.63) is 30.1 Å². The van der Waals surface area contributed by atoms with Crippen molar-refractivity contribution in [3.63, 3.8) is 0 Å². The van der Waals surface area contributed by atoms with Gasteiger partial charge in [-0.25, -0.2) is 0 Å². The van der Waals surface area contributed by atoms with E-state index in [1.54, 1.807) is 31.3 Å². The van der Waals surface area contributed by atoms with E-state index in [1.165, 1.54) is 5.56 Å². The highest BCUT2D eigenvalue weighted by Crippen LogP contribution is 2.02. The van der Waals surface area contributed by atoms with Crippen molar-refractivity contribution in [2.45, 2.75) is 18.7 Å². The van der Waals surface area contributed by atoms with Crippen molar-refractivity contribution in [1.82, 2.24) is 9.88 Å². The van der Waals surface area contributed by atoms with Crippen molar-refractivity contribution in [2.75, 3.05) is 13.6 Å². The van der Waals surface area contributed by atoms with Crippen LogP contribution in [0.1, 0.15) is 12.5 Å². The Labute approximate surface area is 95.1 Å². The summed E-state index contributed by atoms with van der Waals surface area (Å²) in [6.45, 7) is 2.37. The van der Waals surface area contributed by atoms with E-state index in [9.17, 15) is 4.79 Å². The maximum absolute atomic E-state index is 11.4. The molecule has 0 fully saturated rings. The first kappa shape index (κ1) is 12.0. The summed E-state index contributed by atoms with van der Waals surface area (Å²) in [5, 5.41) is -0.451. The average molecular weight is 227 g/mol. The monoisotopic (exact) mass is 226 g/mol. The summed E-state index contributed by atoms with van der Waals surface area (Å²) in [5.74, 6) is -0.0364. The van der Waals surface area contributed by atoms with Crippen LogP contribution >= 0.6 is 11.6 Å². The number of pyridine rings is 1. The van der Waals surface area contributed by atoms with Crippen LogP contribution in [0.5, 0.6) is 0 Å². The van der Waals surface area contributed by atoms with Crippen molar-refractivity contribution >= 4 is 17.5 Å². The zero-order valence-electron chi connectivity index (χ0n) is 8.98. The molecule has 1 aromatic heterocycles. The molecular weight excluding hydrogens is 212 g/mol. The Morgan fingerprint density at radius 1 is 1.53 bits per heavy atom. The van der Waals surface area contributed by atoms with Crippen LogP contribution in [0.2, 0.25) is 0 Å². The second-order valence-electron chi connectivity index (χ2n) is 3.48. The zero-order chi connectivity index (χ0) is 11.3. The number of carbonyl (C=O) groups excluding carboxylic acids is 1. The highest BCUT2D eigenvalue weighted by Gasteiger charge is 2.13. The van der Waals surface area contributed by atoms with Crippen LogP contribution in [0.25, 0.3) is 0 Å². The van der Waals surface area contributed by atoms with Gasteiger partial charge in [-0.2, -0.15) is 0 Å². The Kier molecular flexibility index (Phi) is 4.56. The molecule has 0 spiro atoms. The number of hydrogen-bond acceptors (Lipinski definition) is 2. The van der Waals surface area contributed by atoms with Gasteiger partial charge in [-0.05, 0) is 31.0 Å². The molecule has 0 N–H and O–H groups in total. The first-order chi connectivity index (χ1) is 7.11. The topological polar surface area (TPSA) is 33.2 Å². The Morgan fingerprint density at radius 2 is 2.13 bits per heavy atom. The SMILES string of the molecule is CC(Cl)C(=O)N(C)CCc1ccncc1. The van der Waals surface area contributed by atoms with Gasteiger partial charge in [0.25, 0.3) is 0 Å². The summed E-state index contributed by atoms with van der Waals surface area (Å²) in [4.78, 5) is 17.0. The molecule has 0 bridgehead atoms. The van der Waals surface area contributed by atoms with Gasteiger partial charge in [0, 0.05) is 26.0 Å². The predicted octanol–water partition coefficient (Wildman–Crippen LogP) is 1.71. The number of halogens is 1. The van der Waals surface area contributed by atoms with Crippen LogP contribution in [0.4, 0.5) is 0 Å². The Bertz CT molecular complexity index is 314. The summed E-state index contributed by atoms with van der Waals surface area (Å²) in [6.07, 6.45) is 4.33. The highest BCUT2D eigenvalue weighted by molar-refractivity contribution is 6.30. The molecule has 1 amide bonds. The molecule has 82 valence electrons. The number of amides is 1. The number of rotatable bonds is 4. The molecule has 0 radical (unpaired) electrons. The molecule has 0 aliphatic carbocycles. The number of likely N-dealkylation sites (N-methyl/N-ethyl adjacent to an activating group) is 1. The van der Waals surface area contributed by atoms with Crippen LogP contribution in [-0.4, -0.2) is 34.8 Å². The van der Waals surface area contributed by atoms with E-state index < -0.39 is 5.38 Å². The van der Waals surface area contributed by atoms with E-state index in [0.717, 1.165) is 6.42 Å². The lowest BCUT2D eigenvalue weighted by Gasteiger charge is -2.18. The lowest BCUT2D eigenvalue weighted by atomic mass is 10.2. The largest absolute Gasteiger partial charge is 0.344 e. The molecule has 3 nitrogen and oxygen atoms in total. The molecule has 15 heavy (non-hydrogen) atoms. The molecule has 0 saturated carbocycles. The maximum atomic E-state index is 11.4. The smallest absolute Gasteiger partial charge is 0.240 e. The molecule has 0 aliphatic heterocycles.